The van der Waals surface area contributed by atoms with Crippen molar-refractivity contribution in [1.82, 2.24) is 10.6 Å². The fraction of sp³-hybridized carbons (Fsp3) is 0.115. The number of amides is 3. The molecule has 0 saturated carbocycles. The summed E-state index contributed by atoms with van der Waals surface area (Å²) in [5, 5.41) is 6.87. The molecule has 0 radical (unpaired) electrons. The lowest BCUT2D eigenvalue weighted by Crippen LogP contribution is -2.47. The normalized spacial score (nSPS) is 11.5. The Bertz CT molecular complexity index is 1340. The van der Waals surface area contributed by atoms with Gasteiger partial charge in [0, 0.05) is 11.3 Å². The van der Waals surface area contributed by atoms with Crippen molar-refractivity contribution in [2.45, 2.75) is 12.6 Å². The maximum Gasteiger partial charge on any atom is 0.261 e. The number of nitrogens with one attached hydrogen (secondary N) is 2. The molecule has 4 rings (SSSR count). The van der Waals surface area contributed by atoms with Gasteiger partial charge in [0.05, 0.1) is 24.2 Å². The number of rotatable bonds is 9. The third-order valence-electron chi connectivity index (χ3n) is 5.22. The first kappa shape index (κ1) is 24.8. The maximum atomic E-state index is 15.0. The largest absolute Gasteiger partial charge is 0.467 e. The molecule has 36 heavy (non-hydrogen) atoms. The number of benzene rings is 2. The molecule has 0 spiro atoms. The molecule has 1 atom stereocenters. The second kappa shape index (κ2) is 11.4. The van der Waals surface area contributed by atoms with Crippen LogP contribution in [0.4, 0.5) is 14.5 Å². The fourth-order valence-electron chi connectivity index (χ4n) is 3.58. The lowest BCUT2D eigenvalue weighted by Gasteiger charge is -2.31. The van der Waals surface area contributed by atoms with Crippen LogP contribution in [-0.4, -0.2) is 24.3 Å². The molecule has 184 valence electrons. The van der Waals surface area contributed by atoms with Crippen molar-refractivity contribution in [1.29, 1.82) is 0 Å². The number of anilines is 1. The predicted octanol–water partition coefficient (Wildman–Crippen LogP) is 4.44. The Hall–Kier alpha value is -4.31. The third-order valence-corrected chi connectivity index (χ3v) is 6.09. The number of carbonyl (C=O) groups excluding carboxylic acids is 3. The molecule has 0 aliphatic carbocycles. The summed E-state index contributed by atoms with van der Waals surface area (Å²) in [7, 11) is 0. The van der Waals surface area contributed by atoms with Crippen LogP contribution in [0, 0.1) is 11.6 Å². The first-order valence-corrected chi connectivity index (χ1v) is 11.8. The Balaban J connectivity index is 1.69. The molecule has 10 heteroatoms. The third kappa shape index (κ3) is 5.84. The zero-order chi connectivity index (χ0) is 25.5. The molecule has 0 aliphatic rings. The lowest BCUT2D eigenvalue weighted by atomic mass is 10.0. The summed E-state index contributed by atoms with van der Waals surface area (Å²) < 4.78 is 34.4. The molecule has 2 N–H and O–H groups in total. The second-order valence-corrected chi connectivity index (χ2v) is 8.57. The van der Waals surface area contributed by atoms with Gasteiger partial charge in [-0.1, -0.05) is 30.3 Å². The molecule has 0 fully saturated rings. The fourth-order valence-corrected chi connectivity index (χ4v) is 4.22. The molecular formula is C26H21F2N3O4S. The van der Waals surface area contributed by atoms with Gasteiger partial charge in [0.15, 0.2) is 0 Å². The number of hydrogen-bond acceptors (Lipinski definition) is 5. The highest BCUT2D eigenvalue weighted by molar-refractivity contribution is 7.12. The molecule has 3 amide bonds. The van der Waals surface area contributed by atoms with Crippen molar-refractivity contribution in [3.63, 3.8) is 0 Å². The van der Waals surface area contributed by atoms with Crippen molar-refractivity contribution in [2.24, 2.45) is 0 Å². The van der Waals surface area contributed by atoms with Crippen LogP contribution in [0.1, 0.15) is 27.0 Å². The average molecular weight is 510 g/mol. The monoisotopic (exact) mass is 509 g/mol. The van der Waals surface area contributed by atoms with Crippen molar-refractivity contribution < 1.29 is 27.6 Å². The predicted molar refractivity (Wildman–Crippen MR) is 130 cm³/mol. The van der Waals surface area contributed by atoms with Crippen LogP contribution < -0.4 is 15.5 Å². The first-order valence-electron chi connectivity index (χ1n) is 10.9. The Labute approximate surface area is 209 Å². The number of hydrogen-bond donors (Lipinski definition) is 2. The van der Waals surface area contributed by atoms with Gasteiger partial charge in [-0.05, 0) is 47.8 Å². The van der Waals surface area contributed by atoms with E-state index in [9.17, 15) is 23.2 Å². The molecule has 2 heterocycles. The highest BCUT2D eigenvalue weighted by Gasteiger charge is 2.35. The van der Waals surface area contributed by atoms with E-state index in [-0.39, 0.29) is 17.8 Å². The highest BCUT2D eigenvalue weighted by Crippen LogP contribution is 2.30. The van der Waals surface area contributed by atoms with E-state index in [1.54, 1.807) is 29.6 Å². The van der Waals surface area contributed by atoms with Gasteiger partial charge in [0.2, 0.25) is 11.8 Å². The number of carbonyl (C=O) groups is 3. The topological polar surface area (TPSA) is 91.7 Å². The van der Waals surface area contributed by atoms with E-state index in [1.165, 1.54) is 54.0 Å². The van der Waals surface area contributed by atoms with Crippen LogP contribution >= 0.6 is 11.3 Å². The summed E-state index contributed by atoms with van der Waals surface area (Å²) >= 11 is 1.20. The second-order valence-electron chi connectivity index (χ2n) is 7.62. The smallest absolute Gasteiger partial charge is 0.261 e. The summed E-state index contributed by atoms with van der Waals surface area (Å²) in [6.45, 7) is -0.527. The van der Waals surface area contributed by atoms with E-state index < -0.39 is 41.9 Å². The van der Waals surface area contributed by atoms with Gasteiger partial charge >= 0.3 is 0 Å². The summed E-state index contributed by atoms with van der Waals surface area (Å²) in [4.78, 5) is 40.7. The van der Waals surface area contributed by atoms with E-state index in [1.807, 2.05) is 0 Å². The number of nitrogens with zero attached hydrogens (tertiary/aromatic N) is 1. The Morgan fingerprint density at radius 3 is 2.47 bits per heavy atom. The molecular weight excluding hydrogens is 488 g/mol. The van der Waals surface area contributed by atoms with Gasteiger partial charge in [-0.25, -0.2) is 8.78 Å². The van der Waals surface area contributed by atoms with Crippen LogP contribution in [0.25, 0.3) is 0 Å². The van der Waals surface area contributed by atoms with E-state index in [2.05, 4.69) is 10.6 Å². The van der Waals surface area contributed by atoms with Gasteiger partial charge in [-0.2, -0.15) is 0 Å². The van der Waals surface area contributed by atoms with Crippen LogP contribution in [0.15, 0.2) is 88.9 Å². The van der Waals surface area contributed by atoms with Crippen LogP contribution in [0.5, 0.6) is 0 Å². The van der Waals surface area contributed by atoms with E-state index >= 15 is 0 Å². The summed E-state index contributed by atoms with van der Waals surface area (Å²) in [6.07, 6.45) is 1.44. The van der Waals surface area contributed by atoms with Crippen LogP contribution in [0.2, 0.25) is 0 Å². The van der Waals surface area contributed by atoms with Crippen molar-refractivity contribution in [3.8, 4) is 0 Å². The van der Waals surface area contributed by atoms with Crippen molar-refractivity contribution in [3.05, 3.63) is 112 Å². The Morgan fingerprint density at radius 2 is 1.78 bits per heavy atom. The highest BCUT2D eigenvalue weighted by atomic mass is 32.1. The Kier molecular flexibility index (Phi) is 7.86. The first-order chi connectivity index (χ1) is 17.4. The SMILES string of the molecule is O=C(NCC(=O)N(c1cccc(F)c1)C(C(=O)NCc1ccco1)c1ccccc1F)c1cccs1. The molecule has 7 nitrogen and oxygen atoms in total. The van der Waals surface area contributed by atoms with Gasteiger partial charge in [-0.3, -0.25) is 19.3 Å². The number of furan rings is 1. The van der Waals surface area contributed by atoms with Gasteiger partial charge < -0.3 is 15.1 Å². The van der Waals surface area contributed by atoms with Crippen molar-refractivity contribution >= 4 is 34.7 Å². The molecule has 2 aromatic carbocycles. The van der Waals surface area contributed by atoms with Gasteiger partial charge in [0.1, 0.15) is 23.4 Å². The Morgan fingerprint density at radius 1 is 0.944 bits per heavy atom. The summed E-state index contributed by atoms with van der Waals surface area (Å²) in [5.74, 6) is -2.89. The van der Waals surface area contributed by atoms with Gasteiger partial charge in [0.25, 0.3) is 5.91 Å². The van der Waals surface area contributed by atoms with Gasteiger partial charge in [-0.15, -0.1) is 11.3 Å². The standard InChI is InChI=1S/C26H21F2N3O4S/c27-17-6-3-7-18(14-17)31(23(32)16-30-25(33)22-11-5-13-36-22)24(20-9-1-2-10-21(20)28)26(34)29-15-19-8-4-12-35-19/h1-14,24H,15-16H2,(H,29,34)(H,30,33). The molecule has 0 aliphatic heterocycles. The summed E-state index contributed by atoms with van der Waals surface area (Å²) in [5.41, 5.74) is -0.0802. The molecule has 2 aromatic heterocycles. The molecule has 1 unspecified atom stereocenters. The minimum atomic E-state index is -1.51. The average Bonchev–Trinajstić information content (AvgIpc) is 3.59. The minimum Gasteiger partial charge on any atom is -0.467 e. The molecule has 4 aromatic rings. The number of thiophene rings is 1. The zero-order valence-electron chi connectivity index (χ0n) is 18.8. The molecule has 0 bridgehead atoms. The van der Waals surface area contributed by atoms with E-state index in [0.717, 1.165) is 17.0 Å². The van der Waals surface area contributed by atoms with E-state index in [4.69, 9.17) is 4.42 Å². The number of halogens is 2. The summed E-state index contributed by atoms with van der Waals surface area (Å²) in [6, 6.07) is 15.6. The van der Waals surface area contributed by atoms with Crippen LogP contribution in [-0.2, 0) is 16.1 Å². The zero-order valence-corrected chi connectivity index (χ0v) is 19.6. The maximum absolute atomic E-state index is 15.0. The van der Waals surface area contributed by atoms with E-state index in [0.29, 0.717) is 10.6 Å². The molecule has 0 saturated heterocycles. The quantitative estimate of drug-likeness (QED) is 0.349. The van der Waals surface area contributed by atoms with Crippen molar-refractivity contribution in [2.75, 3.05) is 11.4 Å². The lowest BCUT2D eigenvalue weighted by molar-refractivity contribution is -0.126. The van der Waals surface area contributed by atoms with Crippen LogP contribution in [0.3, 0.4) is 0 Å². The minimum absolute atomic E-state index is 0.0168.